The van der Waals surface area contributed by atoms with E-state index in [4.69, 9.17) is 5.73 Å². The lowest BCUT2D eigenvalue weighted by molar-refractivity contribution is 0.356. The summed E-state index contributed by atoms with van der Waals surface area (Å²) in [6.07, 6.45) is 6.47. The van der Waals surface area contributed by atoms with Crippen molar-refractivity contribution in [3.05, 3.63) is 0 Å². The van der Waals surface area contributed by atoms with Crippen LogP contribution < -0.4 is 11.1 Å². The topological polar surface area (TPSA) is 50.4 Å². The number of hydrogen-bond donors (Lipinski definition) is 2. The Bertz CT molecular complexity index is 224. The minimum atomic E-state index is 0.231. The van der Waals surface area contributed by atoms with Crippen LogP contribution in [0.3, 0.4) is 0 Å². The van der Waals surface area contributed by atoms with Crippen molar-refractivity contribution in [3.63, 3.8) is 0 Å². The number of rotatable bonds is 0. The van der Waals surface area contributed by atoms with E-state index < -0.39 is 0 Å². The Balaban J connectivity index is 2.00. The first-order valence-electron chi connectivity index (χ1n) is 5.28. The highest BCUT2D eigenvalue weighted by Gasteiger charge is 2.35. The number of guanidine groups is 1. The number of aliphatic imine (C=N–C) groups is 1. The molecule has 2 unspecified atom stereocenters. The van der Waals surface area contributed by atoms with Gasteiger partial charge < -0.3 is 11.1 Å². The molecular weight excluding hydrogens is 162 g/mol. The summed E-state index contributed by atoms with van der Waals surface area (Å²) in [5.74, 6) is 1.53. The molecule has 1 fully saturated rings. The Morgan fingerprint density at radius 3 is 3.00 bits per heavy atom. The summed E-state index contributed by atoms with van der Waals surface area (Å²) >= 11 is 0. The van der Waals surface area contributed by atoms with E-state index in [1.165, 1.54) is 32.1 Å². The molecule has 3 nitrogen and oxygen atoms in total. The number of nitrogens with zero attached hydrogens (tertiary/aromatic N) is 1. The van der Waals surface area contributed by atoms with Crippen LogP contribution in [0.5, 0.6) is 0 Å². The lowest BCUT2D eigenvalue weighted by atomic mass is 9.91. The maximum Gasteiger partial charge on any atom is 0.189 e. The van der Waals surface area contributed by atoms with Gasteiger partial charge in [0.05, 0.1) is 12.1 Å². The molecule has 2 aliphatic rings. The summed E-state index contributed by atoms with van der Waals surface area (Å²) in [5.41, 5.74) is 5.90. The van der Waals surface area contributed by atoms with Gasteiger partial charge in [-0.15, -0.1) is 0 Å². The van der Waals surface area contributed by atoms with Crippen LogP contribution in [0.4, 0.5) is 0 Å². The van der Waals surface area contributed by atoms with Crippen molar-refractivity contribution in [1.29, 1.82) is 0 Å². The largest absolute Gasteiger partial charge is 0.370 e. The molecule has 0 bridgehead atoms. The van der Waals surface area contributed by atoms with Crippen molar-refractivity contribution >= 4 is 5.96 Å². The van der Waals surface area contributed by atoms with Crippen molar-refractivity contribution < 1.29 is 0 Å². The first-order chi connectivity index (χ1) is 6.20. The van der Waals surface area contributed by atoms with Crippen LogP contribution in [0.2, 0.25) is 0 Å². The van der Waals surface area contributed by atoms with Crippen LogP contribution in [0, 0.1) is 5.92 Å². The zero-order chi connectivity index (χ0) is 9.31. The molecule has 2 atom stereocenters. The SMILES string of the molecule is CC1CCCC2(CC1)CN=C(N)N2. The van der Waals surface area contributed by atoms with Gasteiger partial charge in [-0.3, -0.25) is 4.99 Å². The molecule has 3 heteroatoms. The molecule has 74 valence electrons. The molecule has 1 saturated carbocycles. The summed E-state index contributed by atoms with van der Waals surface area (Å²) in [6, 6.07) is 0. The normalized spacial score (nSPS) is 39.8. The van der Waals surface area contributed by atoms with E-state index in [1.807, 2.05) is 0 Å². The van der Waals surface area contributed by atoms with Crippen molar-refractivity contribution in [2.45, 2.75) is 44.6 Å². The molecule has 0 saturated heterocycles. The first kappa shape index (κ1) is 8.85. The van der Waals surface area contributed by atoms with Crippen LogP contribution >= 0.6 is 0 Å². The summed E-state index contributed by atoms with van der Waals surface area (Å²) in [5, 5.41) is 3.36. The van der Waals surface area contributed by atoms with Crippen LogP contribution in [-0.2, 0) is 0 Å². The van der Waals surface area contributed by atoms with Gasteiger partial charge in [-0.25, -0.2) is 0 Å². The second-order valence-electron chi connectivity index (χ2n) is 4.64. The molecule has 0 amide bonds. The Kier molecular flexibility index (Phi) is 2.18. The van der Waals surface area contributed by atoms with E-state index in [2.05, 4.69) is 17.2 Å². The van der Waals surface area contributed by atoms with Gasteiger partial charge in [-0.05, 0) is 25.2 Å². The molecule has 0 aromatic rings. The van der Waals surface area contributed by atoms with Gasteiger partial charge in [-0.2, -0.15) is 0 Å². The minimum Gasteiger partial charge on any atom is -0.370 e. The predicted octanol–water partition coefficient (Wildman–Crippen LogP) is 1.24. The minimum absolute atomic E-state index is 0.231. The Hall–Kier alpha value is -0.730. The maximum absolute atomic E-state index is 5.66. The number of nitrogens with one attached hydrogen (secondary N) is 1. The average molecular weight is 181 g/mol. The fourth-order valence-electron chi connectivity index (χ4n) is 2.45. The highest BCUT2D eigenvalue weighted by atomic mass is 15.2. The summed E-state index contributed by atoms with van der Waals surface area (Å²) < 4.78 is 0. The molecule has 0 aromatic heterocycles. The molecule has 3 N–H and O–H groups in total. The standard InChI is InChI=1S/C10H19N3/c1-8-3-2-5-10(6-4-8)7-12-9(11)13-10/h8H,2-7H2,1H3,(H3,11,12,13). The van der Waals surface area contributed by atoms with Gasteiger partial charge in [0.1, 0.15) is 0 Å². The average Bonchev–Trinajstić information content (AvgIpc) is 2.35. The van der Waals surface area contributed by atoms with Gasteiger partial charge in [0, 0.05) is 0 Å². The third-order valence-electron chi connectivity index (χ3n) is 3.41. The predicted molar refractivity (Wildman–Crippen MR) is 54.6 cm³/mol. The molecule has 0 aromatic carbocycles. The Morgan fingerprint density at radius 1 is 1.46 bits per heavy atom. The number of nitrogens with two attached hydrogens (primary N) is 1. The number of hydrogen-bond acceptors (Lipinski definition) is 3. The second kappa shape index (κ2) is 3.20. The summed E-state index contributed by atoms with van der Waals surface area (Å²) in [7, 11) is 0. The molecule has 1 aliphatic carbocycles. The van der Waals surface area contributed by atoms with Crippen molar-refractivity contribution in [3.8, 4) is 0 Å². The van der Waals surface area contributed by atoms with Gasteiger partial charge in [0.25, 0.3) is 0 Å². The van der Waals surface area contributed by atoms with E-state index in [-0.39, 0.29) is 5.54 Å². The summed E-state index contributed by atoms with van der Waals surface area (Å²) in [4.78, 5) is 4.26. The van der Waals surface area contributed by atoms with Crippen LogP contribution in [0.25, 0.3) is 0 Å². The molecule has 13 heavy (non-hydrogen) atoms. The zero-order valence-electron chi connectivity index (χ0n) is 8.34. The summed E-state index contributed by atoms with van der Waals surface area (Å²) in [6.45, 7) is 3.24. The van der Waals surface area contributed by atoms with E-state index in [9.17, 15) is 0 Å². The third kappa shape index (κ3) is 1.79. The highest BCUT2D eigenvalue weighted by molar-refractivity contribution is 5.80. The third-order valence-corrected chi connectivity index (χ3v) is 3.41. The Morgan fingerprint density at radius 2 is 2.31 bits per heavy atom. The lowest BCUT2D eigenvalue weighted by Gasteiger charge is -2.27. The maximum atomic E-state index is 5.66. The smallest absolute Gasteiger partial charge is 0.189 e. The van der Waals surface area contributed by atoms with Gasteiger partial charge in [-0.1, -0.05) is 19.8 Å². The van der Waals surface area contributed by atoms with Crippen molar-refractivity contribution in [1.82, 2.24) is 5.32 Å². The fourth-order valence-corrected chi connectivity index (χ4v) is 2.45. The Labute approximate surface area is 79.8 Å². The lowest BCUT2D eigenvalue weighted by Crippen LogP contribution is -2.47. The molecule has 2 rings (SSSR count). The van der Waals surface area contributed by atoms with Crippen LogP contribution in [-0.4, -0.2) is 18.0 Å². The van der Waals surface area contributed by atoms with Gasteiger partial charge in [0.2, 0.25) is 0 Å². The quantitative estimate of drug-likeness (QED) is 0.591. The van der Waals surface area contributed by atoms with Crippen molar-refractivity contribution in [2.24, 2.45) is 16.6 Å². The van der Waals surface area contributed by atoms with E-state index in [0.717, 1.165) is 12.5 Å². The van der Waals surface area contributed by atoms with E-state index in [1.54, 1.807) is 0 Å². The first-order valence-corrected chi connectivity index (χ1v) is 5.28. The monoisotopic (exact) mass is 181 g/mol. The fraction of sp³-hybridized carbons (Fsp3) is 0.900. The van der Waals surface area contributed by atoms with E-state index >= 15 is 0 Å². The van der Waals surface area contributed by atoms with Crippen LogP contribution in [0.15, 0.2) is 4.99 Å². The van der Waals surface area contributed by atoms with E-state index in [0.29, 0.717) is 5.96 Å². The molecule has 1 spiro atoms. The second-order valence-corrected chi connectivity index (χ2v) is 4.64. The van der Waals surface area contributed by atoms with Crippen LogP contribution in [0.1, 0.15) is 39.0 Å². The van der Waals surface area contributed by atoms with Gasteiger partial charge >= 0.3 is 0 Å². The molecule has 1 aliphatic heterocycles. The zero-order valence-corrected chi connectivity index (χ0v) is 8.34. The molecular formula is C10H19N3. The van der Waals surface area contributed by atoms with Crippen molar-refractivity contribution in [2.75, 3.05) is 6.54 Å². The van der Waals surface area contributed by atoms with Gasteiger partial charge in [0.15, 0.2) is 5.96 Å². The molecule has 1 heterocycles. The molecule has 0 radical (unpaired) electrons. The highest BCUT2D eigenvalue weighted by Crippen LogP contribution is 2.31.